The molecule has 0 aliphatic rings. The molecule has 0 saturated carbocycles. The fourth-order valence-corrected chi connectivity index (χ4v) is 3.11. The molecule has 19 heavy (non-hydrogen) atoms. The third-order valence-electron chi connectivity index (χ3n) is 3.69. The molecule has 0 bridgehead atoms. The lowest BCUT2D eigenvalue weighted by molar-refractivity contribution is 0.457. The monoisotopic (exact) mass is 273 g/mol. The van der Waals surface area contributed by atoms with Gasteiger partial charge in [0.05, 0.1) is 0 Å². The average Bonchev–Trinajstić information content (AvgIpc) is 2.99. The van der Waals surface area contributed by atoms with Crippen LogP contribution in [0, 0.1) is 0 Å². The van der Waals surface area contributed by atoms with Crippen LogP contribution in [0.4, 0.5) is 0 Å². The molecule has 1 heterocycles. The molecule has 1 nitrogen and oxygen atoms in total. The van der Waals surface area contributed by atoms with Gasteiger partial charge in [-0.2, -0.15) is 11.3 Å². The number of rotatable bonds is 6. The summed E-state index contributed by atoms with van der Waals surface area (Å²) < 4.78 is 0. The van der Waals surface area contributed by atoms with Crippen molar-refractivity contribution in [3.63, 3.8) is 0 Å². The Kier molecular flexibility index (Phi) is 5.17. The third kappa shape index (κ3) is 3.68. The van der Waals surface area contributed by atoms with Gasteiger partial charge in [-0.05, 0) is 53.3 Å². The van der Waals surface area contributed by atoms with E-state index in [0.29, 0.717) is 12.1 Å². The highest BCUT2D eigenvalue weighted by Gasteiger charge is 2.13. The Morgan fingerprint density at radius 3 is 2.32 bits per heavy atom. The summed E-state index contributed by atoms with van der Waals surface area (Å²) in [6.07, 6.45) is 2.22. The van der Waals surface area contributed by atoms with Crippen LogP contribution in [-0.4, -0.2) is 0 Å². The van der Waals surface area contributed by atoms with E-state index in [4.69, 9.17) is 0 Å². The largest absolute Gasteiger partial charge is 0.303 e. The number of nitrogens with one attached hydrogen (secondary N) is 1. The van der Waals surface area contributed by atoms with Crippen LogP contribution in [0.25, 0.3) is 0 Å². The van der Waals surface area contributed by atoms with E-state index in [1.165, 1.54) is 16.7 Å². The molecule has 1 aromatic heterocycles. The van der Waals surface area contributed by atoms with E-state index >= 15 is 0 Å². The zero-order chi connectivity index (χ0) is 13.7. The second-order valence-electron chi connectivity index (χ2n) is 5.00. The Morgan fingerprint density at radius 1 is 1.05 bits per heavy atom. The topological polar surface area (TPSA) is 12.0 Å². The van der Waals surface area contributed by atoms with Gasteiger partial charge in [-0.25, -0.2) is 0 Å². The van der Waals surface area contributed by atoms with Gasteiger partial charge < -0.3 is 5.32 Å². The van der Waals surface area contributed by atoms with Crippen molar-refractivity contribution < 1.29 is 0 Å². The summed E-state index contributed by atoms with van der Waals surface area (Å²) in [6, 6.07) is 12.1. The van der Waals surface area contributed by atoms with E-state index in [0.717, 1.165) is 12.8 Å². The lowest BCUT2D eigenvalue weighted by Gasteiger charge is -2.22. The van der Waals surface area contributed by atoms with E-state index in [-0.39, 0.29) is 0 Å². The second kappa shape index (κ2) is 6.88. The number of aryl methyl sites for hydroxylation is 1. The summed E-state index contributed by atoms with van der Waals surface area (Å²) in [7, 11) is 0. The van der Waals surface area contributed by atoms with Crippen LogP contribution < -0.4 is 5.32 Å². The first-order valence-corrected chi connectivity index (χ1v) is 8.05. The molecular weight excluding hydrogens is 250 g/mol. The average molecular weight is 273 g/mol. The van der Waals surface area contributed by atoms with Gasteiger partial charge in [0.2, 0.25) is 0 Å². The molecule has 1 aromatic carbocycles. The summed E-state index contributed by atoms with van der Waals surface area (Å²) >= 11 is 1.76. The highest BCUT2D eigenvalue weighted by Crippen LogP contribution is 2.23. The molecule has 0 amide bonds. The van der Waals surface area contributed by atoms with Crippen molar-refractivity contribution in [2.75, 3.05) is 0 Å². The summed E-state index contributed by atoms with van der Waals surface area (Å²) in [6.45, 7) is 6.68. The number of thiophene rings is 1. The van der Waals surface area contributed by atoms with Crippen LogP contribution in [0.15, 0.2) is 41.1 Å². The van der Waals surface area contributed by atoms with Crippen molar-refractivity contribution in [1.82, 2.24) is 5.32 Å². The minimum absolute atomic E-state index is 0.405. The van der Waals surface area contributed by atoms with Crippen molar-refractivity contribution in [2.24, 2.45) is 0 Å². The van der Waals surface area contributed by atoms with Crippen LogP contribution in [-0.2, 0) is 6.42 Å². The highest BCUT2D eigenvalue weighted by atomic mass is 32.1. The van der Waals surface area contributed by atoms with E-state index in [1.54, 1.807) is 11.3 Å². The molecule has 1 N–H and O–H groups in total. The van der Waals surface area contributed by atoms with Crippen molar-refractivity contribution in [3.8, 4) is 0 Å². The number of hydrogen-bond acceptors (Lipinski definition) is 2. The molecule has 2 aromatic rings. The minimum atomic E-state index is 0.405. The summed E-state index contributed by atoms with van der Waals surface area (Å²) in [4.78, 5) is 0. The Hall–Kier alpha value is -1.12. The van der Waals surface area contributed by atoms with Crippen molar-refractivity contribution in [1.29, 1.82) is 0 Å². The summed E-state index contributed by atoms with van der Waals surface area (Å²) in [5.41, 5.74) is 4.18. The molecule has 2 heteroatoms. The van der Waals surface area contributed by atoms with E-state index in [9.17, 15) is 0 Å². The minimum Gasteiger partial charge on any atom is -0.303 e. The van der Waals surface area contributed by atoms with Gasteiger partial charge in [0.1, 0.15) is 0 Å². The van der Waals surface area contributed by atoms with Gasteiger partial charge in [-0.1, -0.05) is 38.1 Å². The smallest absolute Gasteiger partial charge is 0.0323 e. The number of benzene rings is 1. The standard InChI is InChI=1S/C17H23NS/c1-4-14-6-8-15(9-7-14)17(5-2)18-13(3)16-10-11-19-12-16/h6-13,17-18H,4-5H2,1-3H3. The van der Waals surface area contributed by atoms with Crippen LogP contribution in [0.5, 0.6) is 0 Å². The fourth-order valence-electron chi connectivity index (χ4n) is 2.35. The predicted molar refractivity (Wildman–Crippen MR) is 84.7 cm³/mol. The Balaban J connectivity index is 2.06. The maximum atomic E-state index is 3.73. The van der Waals surface area contributed by atoms with Gasteiger partial charge in [-0.3, -0.25) is 0 Å². The van der Waals surface area contributed by atoms with Crippen molar-refractivity contribution in [3.05, 3.63) is 57.8 Å². The molecule has 0 fully saturated rings. The molecule has 0 radical (unpaired) electrons. The first-order chi connectivity index (χ1) is 9.24. The lowest BCUT2D eigenvalue weighted by atomic mass is 10.0. The Morgan fingerprint density at radius 2 is 1.79 bits per heavy atom. The van der Waals surface area contributed by atoms with Crippen LogP contribution >= 0.6 is 11.3 Å². The van der Waals surface area contributed by atoms with Gasteiger partial charge in [0.15, 0.2) is 0 Å². The van der Waals surface area contributed by atoms with Crippen LogP contribution in [0.2, 0.25) is 0 Å². The van der Waals surface area contributed by atoms with Gasteiger partial charge >= 0.3 is 0 Å². The first kappa shape index (κ1) is 14.3. The predicted octanol–water partition coefficient (Wildman–Crippen LogP) is 5.11. The van der Waals surface area contributed by atoms with Gasteiger partial charge in [-0.15, -0.1) is 0 Å². The van der Waals surface area contributed by atoms with E-state index in [2.05, 4.69) is 67.2 Å². The second-order valence-corrected chi connectivity index (χ2v) is 5.78. The molecule has 0 spiro atoms. The molecule has 2 atom stereocenters. The van der Waals surface area contributed by atoms with Crippen LogP contribution in [0.3, 0.4) is 0 Å². The molecule has 0 saturated heterocycles. The fraction of sp³-hybridized carbons (Fsp3) is 0.412. The summed E-state index contributed by atoms with van der Waals surface area (Å²) in [5.74, 6) is 0. The van der Waals surface area contributed by atoms with Crippen LogP contribution in [0.1, 0.15) is 56.0 Å². The lowest BCUT2D eigenvalue weighted by Crippen LogP contribution is -2.23. The highest BCUT2D eigenvalue weighted by molar-refractivity contribution is 7.07. The number of hydrogen-bond donors (Lipinski definition) is 1. The molecule has 0 aliphatic heterocycles. The molecule has 0 aliphatic carbocycles. The SMILES string of the molecule is CCc1ccc(C(CC)NC(C)c2ccsc2)cc1. The van der Waals surface area contributed by atoms with E-state index in [1.807, 2.05) is 0 Å². The molecular formula is C17H23NS. The van der Waals surface area contributed by atoms with Crippen molar-refractivity contribution >= 4 is 11.3 Å². The maximum Gasteiger partial charge on any atom is 0.0323 e. The maximum absolute atomic E-state index is 3.73. The summed E-state index contributed by atoms with van der Waals surface area (Å²) in [5, 5.41) is 8.10. The Labute approximate surface area is 120 Å². The first-order valence-electron chi connectivity index (χ1n) is 7.11. The normalized spacial score (nSPS) is 14.3. The zero-order valence-corrected chi connectivity index (χ0v) is 12.8. The quantitative estimate of drug-likeness (QED) is 0.771. The van der Waals surface area contributed by atoms with Gasteiger partial charge in [0.25, 0.3) is 0 Å². The molecule has 102 valence electrons. The van der Waals surface area contributed by atoms with Crippen molar-refractivity contribution in [2.45, 2.75) is 45.7 Å². The third-order valence-corrected chi connectivity index (χ3v) is 4.39. The van der Waals surface area contributed by atoms with E-state index < -0.39 is 0 Å². The Bertz CT molecular complexity index is 472. The molecule has 2 rings (SSSR count). The molecule has 2 unspecified atom stereocenters. The van der Waals surface area contributed by atoms with Gasteiger partial charge in [0, 0.05) is 12.1 Å². The zero-order valence-electron chi connectivity index (χ0n) is 12.0.